The largest absolute Gasteiger partial charge is 0.459 e. The fraction of sp³-hybridized carbons (Fsp3) is 0.571. The summed E-state index contributed by atoms with van der Waals surface area (Å²) in [6, 6.07) is 9.80. The number of cyclic esters (lactones) is 2. The van der Waals surface area contributed by atoms with Crippen molar-refractivity contribution in [3.05, 3.63) is 48.0 Å². The third-order valence-corrected chi connectivity index (χ3v) is 6.56. The first-order chi connectivity index (χ1) is 17.5. The number of esters is 2. The predicted octanol–water partition coefficient (Wildman–Crippen LogP) is 2.85. The van der Waals surface area contributed by atoms with Crippen LogP contribution in [-0.4, -0.2) is 55.2 Å². The Morgan fingerprint density at radius 1 is 1.00 bits per heavy atom. The lowest BCUT2D eigenvalue weighted by molar-refractivity contribution is -0.179. The van der Waals surface area contributed by atoms with E-state index in [1.807, 2.05) is 51.1 Å². The van der Waals surface area contributed by atoms with E-state index in [4.69, 9.17) is 14.2 Å². The second-order valence-electron chi connectivity index (χ2n) is 10.8. The number of rotatable bonds is 5. The van der Waals surface area contributed by atoms with Crippen LogP contribution in [0.2, 0.25) is 0 Å². The molecule has 2 aliphatic heterocycles. The molecule has 5 atom stereocenters. The monoisotopic (exact) mass is 514 g/mol. The average molecular weight is 515 g/mol. The normalized spacial score (nSPS) is 28.9. The molecule has 0 saturated carbocycles. The third-order valence-electron chi connectivity index (χ3n) is 6.56. The Balaban J connectivity index is 1.83. The molecule has 2 heterocycles. The Morgan fingerprint density at radius 2 is 1.70 bits per heavy atom. The molecule has 0 aliphatic carbocycles. The molecule has 37 heavy (non-hydrogen) atoms. The fourth-order valence-corrected chi connectivity index (χ4v) is 4.14. The van der Waals surface area contributed by atoms with Crippen molar-refractivity contribution >= 4 is 23.8 Å². The average Bonchev–Trinajstić information content (AvgIpc) is 3.65. The van der Waals surface area contributed by atoms with Crippen molar-refractivity contribution in [3.63, 3.8) is 0 Å². The van der Waals surface area contributed by atoms with Crippen LogP contribution < -0.4 is 10.6 Å². The van der Waals surface area contributed by atoms with Gasteiger partial charge in [0.25, 0.3) is 0 Å². The molecule has 2 aliphatic rings. The van der Waals surface area contributed by atoms with Gasteiger partial charge in [0, 0.05) is 18.9 Å². The summed E-state index contributed by atoms with van der Waals surface area (Å²) in [5.41, 5.74) is -0.0511. The van der Waals surface area contributed by atoms with Crippen LogP contribution in [0.5, 0.6) is 0 Å². The highest BCUT2D eigenvalue weighted by molar-refractivity contribution is 5.91. The van der Waals surface area contributed by atoms with Crippen LogP contribution in [0.15, 0.2) is 42.5 Å². The second kappa shape index (κ2) is 12.4. The summed E-state index contributed by atoms with van der Waals surface area (Å²) in [7, 11) is 0. The minimum absolute atomic E-state index is 0.0145. The number of hydrogen-bond acceptors (Lipinski definition) is 7. The highest BCUT2D eigenvalue weighted by Crippen LogP contribution is 2.45. The van der Waals surface area contributed by atoms with Crippen LogP contribution in [-0.2, 0) is 33.4 Å². The zero-order valence-electron chi connectivity index (χ0n) is 22.2. The lowest BCUT2D eigenvalue weighted by Gasteiger charge is -2.29. The van der Waals surface area contributed by atoms with Gasteiger partial charge >= 0.3 is 11.9 Å². The Labute approximate surface area is 218 Å². The van der Waals surface area contributed by atoms with E-state index < -0.39 is 41.4 Å². The van der Waals surface area contributed by atoms with Crippen LogP contribution in [0.4, 0.5) is 0 Å². The Morgan fingerprint density at radius 3 is 2.38 bits per heavy atom. The maximum Gasteiger partial charge on any atom is 0.347 e. The van der Waals surface area contributed by atoms with Gasteiger partial charge in [-0.15, -0.1) is 0 Å². The fourth-order valence-electron chi connectivity index (χ4n) is 4.14. The number of epoxide rings is 1. The number of carbonyl (C=O) groups excluding carboxylic acids is 4. The van der Waals surface area contributed by atoms with Crippen LogP contribution in [0, 0.1) is 17.3 Å². The van der Waals surface area contributed by atoms with Crippen molar-refractivity contribution < 1.29 is 33.4 Å². The van der Waals surface area contributed by atoms with Crippen molar-refractivity contribution in [2.75, 3.05) is 13.1 Å². The molecule has 9 nitrogen and oxygen atoms in total. The van der Waals surface area contributed by atoms with Crippen molar-refractivity contribution in [1.29, 1.82) is 0 Å². The van der Waals surface area contributed by atoms with Gasteiger partial charge in [0.1, 0.15) is 12.2 Å². The minimum Gasteiger partial charge on any atom is -0.459 e. The van der Waals surface area contributed by atoms with Gasteiger partial charge in [-0.1, -0.05) is 57.2 Å². The van der Waals surface area contributed by atoms with Gasteiger partial charge in [-0.3, -0.25) is 14.4 Å². The summed E-state index contributed by atoms with van der Waals surface area (Å²) >= 11 is 0. The topological polar surface area (TPSA) is 123 Å². The number of ether oxygens (including phenoxy) is 3. The Hall–Kier alpha value is -3.20. The molecule has 0 bridgehead atoms. The van der Waals surface area contributed by atoms with E-state index >= 15 is 0 Å². The van der Waals surface area contributed by atoms with Crippen molar-refractivity contribution in [2.24, 2.45) is 17.3 Å². The van der Waals surface area contributed by atoms with Gasteiger partial charge in [-0.25, -0.2) is 4.79 Å². The van der Waals surface area contributed by atoms with E-state index in [0.29, 0.717) is 6.42 Å². The van der Waals surface area contributed by atoms with E-state index in [1.165, 1.54) is 6.08 Å². The summed E-state index contributed by atoms with van der Waals surface area (Å²) in [4.78, 5) is 50.7. The molecule has 0 radical (unpaired) electrons. The van der Waals surface area contributed by atoms with Crippen LogP contribution >= 0.6 is 0 Å². The van der Waals surface area contributed by atoms with Crippen LogP contribution in [0.25, 0.3) is 0 Å². The molecule has 1 saturated heterocycles. The van der Waals surface area contributed by atoms with Gasteiger partial charge in [-0.2, -0.15) is 0 Å². The second-order valence-corrected chi connectivity index (χ2v) is 10.8. The first-order valence-electron chi connectivity index (χ1n) is 12.8. The predicted molar refractivity (Wildman–Crippen MR) is 136 cm³/mol. The van der Waals surface area contributed by atoms with Gasteiger partial charge in [0.15, 0.2) is 6.10 Å². The van der Waals surface area contributed by atoms with E-state index in [1.54, 1.807) is 19.9 Å². The quantitative estimate of drug-likeness (QED) is 0.457. The number of hydrogen-bond donors (Lipinski definition) is 2. The number of benzene rings is 1. The molecular weight excluding hydrogens is 476 g/mol. The van der Waals surface area contributed by atoms with Crippen LogP contribution in [0.1, 0.15) is 59.1 Å². The Kier molecular flexibility index (Phi) is 9.48. The molecule has 1 unspecified atom stereocenters. The highest BCUT2D eigenvalue weighted by Gasteiger charge is 2.47. The molecule has 1 fully saturated rings. The lowest BCUT2D eigenvalue weighted by atomic mass is 9.93. The zero-order valence-corrected chi connectivity index (χ0v) is 22.2. The first-order valence-corrected chi connectivity index (χ1v) is 12.8. The summed E-state index contributed by atoms with van der Waals surface area (Å²) in [5.74, 6) is -2.27. The number of amides is 2. The van der Waals surface area contributed by atoms with E-state index in [2.05, 4.69) is 10.6 Å². The molecule has 1 aromatic rings. The van der Waals surface area contributed by atoms with Gasteiger partial charge in [0.2, 0.25) is 11.8 Å². The van der Waals surface area contributed by atoms with Gasteiger partial charge < -0.3 is 24.8 Å². The molecule has 0 aromatic heterocycles. The summed E-state index contributed by atoms with van der Waals surface area (Å²) in [5, 5.41) is 5.13. The molecule has 2 amide bonds. The molecule has 2 N–H and O–H groups in total. The van der Waals surface area contributed by atoms with Crippen molar-refractivity contribution in [1.82, 2.24) is 10.6 Å². The zero-order chi connectivity index (χ0) is 27.2. The molecule has 9 heteroatoms. The van der Waals surface area contributed by atoms with E-state index in [0.717, 1.165) is 5.56 Å². The summed E-state index contributed by atoms with van der Waals surface area (Å²) < 4.78 is 17.5. The SMILES string of the molecule is CC(C)CC1OC(=O)C(C)(C)CNC(=O)CNC(=O)/C=C/C[C@@H]([C@H](C)[C@H]2O[C@@H]2c2ccccc2)OC1=O. The molecule has 1 aromatic carbocycles. The standard InChI is InChI=1S/C28H38N2O7/c1-17(2)14-21-26(33)35-20(18(3)24-25(37-24)19-10-7-6-8-11-19)12-9-13-22(31)29-15-23(32)30-16-28(4,5)27(34)36-21/h6-11,13,17-18,20-21,24-25H,12,14-16H2,1-5H3,(H,29,31)(H,30,32)/b13-9+/t18-,20-,21?,24+,25+/m0/s1. The summed E-state index contributed by atoms with van der Waals surface area (Å²) in [6.45, 7) is 8.79. The Bertz CT molecular complexity index is 1010. The maximum atomic E-state index is 13.3. The first kappa shape index (κ1) is 28.4. The number of carbonyl (C=O) groups is 4. The smallest absolute Gasteiger partial charge is 0.347 e. The highest BCUT2D eigenvalue weighted by atomic mass is 16.6. The lowest BCUT2D eigenvalue weighted by Crippen LogP contribution is -2.45. The van der Waals surface area contributed by atoms with Gasteiger partial charge in [0.05, 0.1) is 18.1 Å². The number of nitrogens with one attached hydrogen (secondary N) is 2. The molecular formula is C28H38N2O7. The van der Waals surface area contributed by atoms with Gasteiger partial charge in [-0.05, 0) is 37.8 Å². The maximum absolute atomic E-state index is 13.3. The minimum atomic E-state index is -1.09. The van der Waals surface area contributed by atoms with Crippen molar-refractivity contribution in [3.8, 4) is 0 Å². The summed E-state index contributed by atoms with van der Waals surface area (Å²) in [6.07, 6.45) is 1.49. The molecule has 0 spiro atoms. The van der Waals surface area contributed by atoms with Crippen LogP contribution in [0.3, 0.4) is 0 Å². The third kappa shape index (κ3) is 8.15. The molecule has 3 rings (SSSR count). The van der Waals surface area contributed by atoms with E-state index in [-0.39, 0.29) is 43.6 Å². The molecule has 202 valence electrons. The van der Waals surface area contributed by atoms with E-state index in [9.17, 15) is 19.2 Å². The van der Waals surface area contributed by atoms with Crippen molar-refractivity contribution in [2.45, 2.75) is 71.9 Å².